The Morgan fingerprint density at radius 1 is 1.69 bits per heavy atom. The van der Waals surface area contributed by atoms with Gasteiger partial charge in [0.15, 0.2) is 0 Å². The molecule has 0 aliphatic carbocycles. The number of carbonyl (C=O) groups is 1. The second-order valence-corrected chi connectivity index (χ2v) is 2.97. The maximum absolute atomic E-state index is 10.5. The Balaban J connectivity index is 3.11. The van der Waals surface area contributed by atoms with Gasteiger partial charge in [0.1, 0.15) is 5.15 Å². The van der Waals surface area contributed by atoms with Crippen molar-refractivity contribution in [2.24, 2.45) is 0 Å². The molecule has 0 radical (unpaired) electrons. The van der Waals surface area contributed by atoms with Crippen LogP contribution in [0.2, 0.25) is 5.15 Å². The van der Waals surface area contributed by atoms with Crippen molar-refractivity contribution in [2.75, 3.05) is 0 Å². The number of nitrogens with zero attached hydrogens (tertiary/aromatic N) is 1. The summed E-state index contributed by atoms with van der Waals surface area (Å²) >= 11 is 5.68. The van der Waals surface area contributed by atoms with Crippen LogP contribution in [0.15, 0.2) is 18.8 Å². The smallest absolute Gasteiger partial charge is 0.335 e. The standard InChI is InChI=1S/C9H8ClNO2/c1-5-3-7(4-11-8(5)10)6(2)9(12)13/h3-4H,2H2,1H3,(H,12,13). The number of aryl methyl sites for hydroxylation is 1. The summed E-state index contributed by atoms with van der Waals surface area (Å²) in [6.45, 7) is 5.17. The molecule has 0 bridgehead atoms. The predicted octanol–water partition coefficient (Wildman–Crippen LogP) is 2.14. The van der Waals surface area contributed by atoms with Crippen LogP contribution in [-0.4, -0.2) is 16.1 Å². The fourth-order valence-corrected chi connectivity index (χ4v) is 0.950. The second-order valence-electron chi connectivity index (χ2n) is 2.62. The molecule has 0 aliphatic rings. The van der Waals surface area contributed by atoms with Crippen molar-refractivity contribution in [3.05, 3.63) is 35.1 Å². The Hall–Kier alpha value is -1.35. The molecular weight excluding hydrogens is 190 g/mol. The number of halogens is 1. The predicted molar refractivity (Wildman–Crippen MR) is 50.7 cm³/mol. The number of hydrogen-bond acceptors (Lipinski definition) is 2. The summed E-state index contributed by atoms with van der Waals surface area (Å²) in [6.07, 6.45) is 1.39. The van der Waals surface area contributed by atoms with E-state index in [-0.39, 0.29) is 5.57 Å². The van der Waals surface area contributed by atoms with E-state index in [0.29, 0.717) is 10.7 Å². The highest BCUT2D eigenvalue weighted by Crippen LogP contribution is 2.17. The molecular formula is C9H8ClNO2. The van der Waals surface area contributed by atoms with Gasteiger partial charge in [-0.15, -0.1) is 0 Å². The fourth-order valence-electron chi connectivity index (χ4n) is 0.847. The van der Waals surface area contributed by atoms with Gasteiger partial charge in [0.25, 0.3) is 0 Å². The van der Waals surface area contributed by atoms with Crippen molar-refractivity contribution in [2.45, 2.75) is 6.92 Å². The first kappa shape index (κ1) is 9.74. The third kappa shape index (κ3) is 2.06. The molecule has 0 aromatic carbocycles. The van der Waals surface area contributed by atoms with Crippen molar-refractivity contribution in [1.82, 2.24) is 4.98 Å². The third-order valence-electron chi connectivity index (χ3n) is 1.62. The molecule has 0 saturated heterocycles. The average Bonchev–Trinajstić information content (AvgIpc) is 2.08. The molecule has 0 unspecified atom stereocenters. The molecule has 0 atom stereocenters. The molecule has 0 amide bonds. The highest BCUT2D eigenvalue weighted by atomic mass is 35.5. The van der Waals surface area contributed by atoms with Crippen LogP contribution in [0.3, 0.4) is 0 Å². The number of rotatable bonds is 2. The first-order chi connectivity index (χ1) is 6.02. The first-order valence-electron chi connectivity index (χ1n) is 3.57. The van der Waals surface area contributed by atoms with E-state index in [0.717, 1.165) is 5.56 Å². The number of pyridine rings is 1. The second kappa shape index (κ2) is 3.58. The lowest BCUT2D eigenvalue weighted by molar-refractivity contribution is -0.130. The summed E-state index contributed by atoms with van der Waals surface area (Å²) in [5.41, 5.74) is 1.24. The highest BCUT2D eigenvalue weighted by Gasteiger charge is 2.08. The molecule has 68 valence electrons. The van der Waals surface area contributed by atoms with Crippen LogP contribution in [0.4, 0.5) is 0 Å². The van der Waals surface area contributed by atoms with Gasteiger partial charge < -0.3 is 5.11 Å². The van der Waals surface area contributed by atoms with E-state index in [1.165, 1.54) is 6.20 Å². The first-order valence-corrected chi connectivity index (χ1v) is 3.95. The van der Waals surface area contributed by atoms with Crippen molar-refractivity contribution in [3.8, 4) is 0 Å². The lowest BCUT2D eigenvalue weighted by Crippen LogP contribution is -1.99. The van der Waals surface area contributed by atoms with Crippen LogP contribution < -0.4 is 0 Å². The van der Waals surface area contributed by atoms with Crippen LogP contribution >= 0.6 is 11.6 Å². The molecule has 1 aromatic heterocycles. The molecule has 1 N–H and O–H groups in total. The quantitative estimate of drug-likeness (QED) is 0.584. The molecule has 0 fully saturated rings. The summed E-state index contributed by atoms with van der Waals surface area (Å²) in [4.78, 5) is 14.4. The van der Waals surface area contributed by atoms with Gasteiger partial charge in [-0.2, -0.15) is 0 Å². The normalized spacial score (nSPS) is 9.69. The molecule has 4 heteroatoms. The number of carboxylic acids is 1. The summed E-state index contributed by atoms with van der Waals surface area (Å²) in [6, 6.07) is 1.64. The molecule has 13 heavy (non-hydrogen) atoms. The zero-order chi connectivity index (χ0) is 10.0. The average molecular weight is 198 g/mol. The Kier molecular flexibility index (Phi) is 2.68. The maximum atomic E-state index is 10.5. The monoisotopic (exact) mass is 197 g/mol. The molecule has 0 spiro atoms. The Morgan fingerprint density at radius 3 is 2.77 bits per heavy atom. The zero-order valence-corrected chi connectivity index (χ0v) is 7.80. The molecule has 0 aliphatic heterocycles. The van der Waals surface area contributed by atoms with Gasteiger partial charge in [-0.05, 0) is 18.6 Å². The summed E-state index contributed by atoms with van der Waals surface area (Å²) < 4.78 is 0. The lowest BCUT2D eigenvalue weighted by Gasteiger charge is -2.02. The van der Waals surface area contributed by atoms with E-state index in [2.05, 4.69) is 11.6 Å². The number of aromatic nitrogens is 1. The number of hydrogen-bond donors (Lipinski definition) is 1. The van der Waals surface area contributed by atoms with Crippen LogP contribution in [0.1, 0.15) is 11.1 Å². The summed E-state index contributed by atoms with van der Waals surface area (Å²) in [7, 11) is 0. The van der Waals surface area contributed by atoms with E-state index in [9.17, 15) is 4.79 Å². The van der Waals surface area contributed by atoms with Gasteiger partial charge in [0, 0.05) is 11.8 Å². The van der Waals surface area contributed by atoms with Crippen LogP contribution in [0.5, 0.6) is 0 Å². The van der Waals surface area contributed by atoms with Crippen molar-refractivity contribution >= 4 is 23.1 Å². The Morgan fingerprint density at radius 2 is 2.31 bits per heavy atom. The van der Waals surface area contributed by atoms with Gasteiger partial charge in [-0.25, -0.2) is 9.78 Å². The van der Waals surface area contributed by atoms with E-state index in [1.807, 2.05) is 0 Å². The van der Waals surface area contributed by atoms with E-state index < -0.39 is 5.97 Å². The zero-order valence-electron chi connectivity index (χ0n) is 7.04. The molecule has 1 rings (SSSR count). The van der Waals surface area contributed by atoms with Crippen molar-refractivity contribution in [1.29, 1.82) is 0 Å². The van der Waals surface area contributed by atoms with Gasteiger partial charge in [0.05, 0.1) is 5.57 Å². The minimum atomic E-state index is -1.05. The third-order valence-corrected chi connectivity index (χ3v) is 2.02. The van der Waals surface area contributed by atoms with Gasteiger partial charge in [-0.1, -0.05) is 18.2 Å². The summed E-state index contributed by atoms with van der Waals surface area (Å²) in [5, 5.41) is 9.01. The number of carboxylic acid groups (broad SMARTS) is 1. The molecule has 1 aromatic rings. The van der Waals surface area contributed by atoms with Crippen LogP contribution in [-0.2, 0) is 4.79 Å². The Bertz CT molecular complexity index is 374. The minimum Gasteiger partial charge on any atom is -0.478 e. The Labute approximate surface area is 80.7 Å². The van der Waals surface area contributed by atoms with Crippen LogP contribution in [0, 0.1) is 6.92 Å². The maximum Gasteiger partial charge on any atom is 0.335 e. The summed E-state index contributed by atoms with van der Waals surface area (Å²) in [5.74, 6) is -1.05. The van der Waals surface area contributed by atoms with Gasteiger partial charge in [-0.3, -0.25) is 0 Å². The molecule has 3 nitrogen and oxygen atoms in total. The highest BCUT2D eigenvalue weighted by molar-refractivity contribution is 6.30. The largest absolute Gasteiger partial charge is 0.478 e. The topological polar surface area (TPSA) is 50.2 Å². The molecule has 1 heterocycles. The number of aliphatic carboxylic acids is 1. The SMILES string of the molecule is C=C(C(=O)O)c1cnc(Cl)c(C)c1. The fraction of sp³-hybridized carbons (Fsp3) is 0.111. The van der Waals surface area contributed by atoms with Crippen molar-refractivity contribution < 1.29 is 9.90 Å². The van der Waals surface area contributed by atoms with Crippen molar-refractivity contribution in [3.63, 3.8) is 0 Å². The molecule has 0 saturated carbocycles. The van der Waals surface area contributed by atoms with E-state index in [1.54, 1.807) is 13.0 Å². The lowest BCUT2D eigenvalue weighted by atomic mass is 10.1. The van der Waals surface area contributed by atoms with Crippen LogP contribution in [0.25, 0.3) is 5.57 Å². The van der Waals surface area contributed by atoms with Gasteiger partial charge >= 0.3 is 5.97 Å². The van der Waals surface area contributed by atoms with Gasteiger partial charge in [0.2, 0.25) is 0 Å². The van der Waals surface area contributed by atoms with E-state index >= 15 is 0 Å². The minimum absolute atomic E-state index is 0.0206. The van der Waals surface area contributed by atoms with E-state index in [4.69, 9.17) is 16.7 Å².